The van der Waals surface area contributed by atoms with Crippen molar-refractivity contribution in [2.24, 2.45) is 0 Å². The van der Waals surface area contributed by atoms with Gasteiger partial charge in [0.2, 0.25) is 5.28 Å². The van der Waals surface area contributed by atoms with E-state index in [1.54, 1.807) is 6.20 Å². The SMILES string of the molecule is Clc1nccc(CN2CCC3(CC2)OCCO3)n1. The van der Waals surface area contributed by atoms with E-state index in [4.69, 9.17) is 21.1 Å². The largest absolute Gasteiger partial charge is 0.347 e. The van der Waals surface area contributed by atoms with Crippen molar-refractivity contribution in [2.75, 3.05) is 26.3 Å². The normalized spacial score (nSPS) is 23.6. The Bertz CT molecular complexity index is 414. The molecule has 3 heterocycles. The number of aromatic nitrogens is 2. The molecule has 98 valence electrons. The van der Waals surface area contributed by atoms with E-state index >= 15 is 0 Å². The molecule has 0 bridgehead atoms. The van der Waals surface area contributed by atoms with Gasteiger partial charge in [0.25, 0.3) is 0 Å². The summed E-state index contributed by atoms with van der Waals surface area (Å²) in [5.74, 6) is -0.306. The molecule has 0 aromatic carbocycles. The highest BCUT2D eigenvalue weighted by atomic mass is 35.5. The average molecular weight is 270 g/mol. The molecule has 0 saturated carbocycles. The van der Waals surface area contributed by atoms with Crippen LogP contribution in [-0.2, 0) is 16.0 Å². The molecule has 0 radical (unpaired) electrons. The second-order valence-electron chi connectivity index (χ2n) is 4.70. The van der Waals surface area contributed by atoms with E-state index in [2.05, 4.69) is 14.9 Å². The molecule has 1 aromatic heterocycles. The summed E-state index contributed by atoms with van der Waals surface area (Å²) in [6, 6.07) is 1.90. The maximum atomic E-state index is 5.78. The van der Waals surface area contributed by atoms with Gasteiger partial charge in [0.1, 0.15) is 0 Å². The van der Waals surface area contributed by atoms with Crippen molar-refractivity contribution in [2.45, 2.75) is 25.2 Å². The lowest BCUT2D eigenvalue weighted by Crippen LogP contribution is -2.44. The number of likely N-dealkylation sites (tertiary alicyclic amines) is 1. The molecule has 0 atom stereocenters. The quantitative estimate of drug-likeness (QED) is 0.761. The molecule has 2 aliphatic rings. The summed E-state index contributed by atoms with van der Waals surface area (Å²) in [6.07, 6.45) is 3.54. The second-order valence-corrected chi connectivity index (χ2v) is 5.04. The van der Waals surface area contributed by atoms with Gasteiger partial charge in [-0.15, -0.1) is 0 Å². The van der Waals surface area contributed by atoms with Gasteiger partial charge >= 0.3 is 0 Å². The summed E-state index contributed by atoms with van der Waals surface area (Å²) in [6.45, 7) is 4.17. The Balaban J connectivity index is 1.57. The monoisotopic (exact) mass is 269 g/mol. The number of piperidine rings is 1. The second kappa shape index (κ2) is 5.09. The Labute approximate surface area is 111 Å². The van der Waals surface area contributed by atoms with Gasteiger partial charge in [0.05, 0.1) is 18.9 Å². The van der Waals surface area contributed by atoms with E-state index in [1.807, 2.05) is 6.07 Å². The summed E-state index contributed by atoms with van der Waals surface area (Å²) in [7, 11) is 0. The van der Waals surface area contributed by atoms with Crippen molar-refractivity contribution < 1.29 is 9.47 Å². The van der Waals surface area contributed by atoms with Gasteiger partial charge in [-0.1, -0.05) is 0 Å². The van der Waals surface area contributed by atoms with Crippen LogP contribution in [0.1, 0.15) is 18.5 Å². The number of hydrogen-bond donors (Lipinski definition) is 0. The molecule has 2 saturated heterocycles. The Kier molecular flexibility index (Phi) is 3.48. The molecule has 2 aliphatic heterocycles. The zero-order chi connectivity index (χ0) is 12.4. The van der Waals surface area contributed by atoms with Crippen LogP contribution < -0.4 is 0 Å². The van der Waals surface area contributed by atoms with E-state index < -0.39 is 0 Å². The summed E-state index contributed by atoms with van der Waals surface area (Å²) in [5.41, 5.74) is 0.958. The molecule has 5 nitrogen and oxygen atoms in total. The van der Waals surface area contributed by atoms with Gasteiger partial charge in [-0.05, 0) is 17.7 Å². The minimum absolute atomic E-state index is 0.306. The van der Waals surface area contributed by atoms with Crippen molar-refractivity contribution in [3.05, 3.63) is 23.2 Å². The van der Waals surface area contributed by atoms with Crippen molar-refractivity contribution >= 4 is 11.6 Å². The van der Waals surface area contributed by atoms with Crippen molar-refractivity contribution in [1.82, 2.24) is 14.9 Å². The fourth-order valence-corrected chi connectivity index (χ4v) is 2.69. The lowest BCUT2D eigenvalue weighted by molar-refractivity contribution is -0.185. The first-order valence-corrected chi connectivity index (χ1v) is 6.61. The van der Waals surface area contributed by atoms with E-state index in [9.17, 15) is 0 Å². The van der Waals surface area contributed by atoms with E-state index in [1.165, 1.54) is 0 Å². The Morgan fingerprint density at radius 3 is 2.67 bits per heavy atom. The maximum Gasteiger partial charge on any atom is 0.222 e. The summed E-state index contributed by atoms with van der Waals surface area (Å²) < 4.78 is 11.4. The zero-order valence-electron chi connectivity index (χ0n) is 10.1. The van der Waals surface area contributed by atoms with Crippen LogP contribution in [0, 0.1) is 0 Å². The molecule has 18 heavy (non-hydrogen) atoms. The smallest absolute Gasteiger partial charge is 0.222 e. The number of hydrogen-bond acceptors (Lipinski definition) is 5. The third-order valence-electron chi connectivity index (χ3n) is 3.50. The fourth-order valence-electron chi connectivity index (χ4n) is 2.52. The van der Waals surface area contributed by atoms with Crippen LogP contribution in [-0.4, -0.2) is 47.0 Å². The molecule has 0 unspecified atom stereocenters. The van der Waals surface area contributed by atoms with E-state index in [0.29, 0.717) is 5.28 Å². The van der Waals surface area contributed by atoms with Crippen LogP contribution in [0.4, 0.5) is 0 Å². The Hall–Kier alpha value is -0.750. The number of nitrogens with zero attached hydrogens (tertiary/aromatic N) is 3. The third-order valence-corrected chi connectivity index (χ3v) is 3.68. The van der Waals surface area contributed by atoms with Crippen LogP contribution in [0.15, 0.2) is 12.3 Å². The van der Waals surface area contributed by atoms with E-state index in [0.717, 1.165) is 51.4 Å². The van der Waals surface area contributed by atoms with Gasteiger partial charge < -0.3 is 9.47 Å². The molecular formula is C12H16ClN3O2. The van der Waals surface area contributed by atoms with Gasteiger partial charge in [0.15, 0.2) is 5.79 Å². The van der Waals surface area contributed by atoms with Crippen LogP contribution in [0.3, 0.4) is 0 Å². The summed E-state index contributed by atoms with van der Waals surface area (Å²) in [4.78, 5) is 10.4. The standard InChI is InChI=1S/C12H16ClN3O2/c13-11-14-4-1-10(15-11)9-16-5-2-12(3-6-16)17-7-8-18-12/h1,4H,2-3,5-9H2. The fraction of sp³-hybridized carbons (Fsp3) is 0.667. The first kappa shape index (κ1) is 12.3. The highest BCUT2D eigenvalue weighted by Crippen LogP contribution is 2.31. The topological polar surface area (TPSA) is 47.5 Å². The van der Waals surface area contributed by atoms with Gasteiger partial charge in [-0.2, -0.15) is 0 Å². The minimum atomic E-state index is -0.306. The van der Waals surface area contributed by atoms with Gasteiger partial charge in [-0.25, -0.2) is 9.97 Å². The van der Waals surface area contributed by atoms with Crippen LogP contribution in [0.5, 0.6) is 0 Å². The number of ether oxygens (including phenoxy) is 2. The number of halogens is 1. The predicted molar refractivity (Wildman–Crippen MR) is 66.2 cm³/mol. The highest BCUT2D eigenvalue weighted by molar-refractivity contribution is 6.28. The first-order valence-electron chi connectivity index (χ1n) is 6.23. The molecule has 1 spiro atoms. The van der Waals surface area contributed by atoms with Gasteiger partial charge in [-0.3, -0.25) is 4.90 Å². The molecule has 6 heteroatoms. The molecular weight excluding hydrogens is 254 g/mol. The molecule has 0 aliphatic carbocycles. The summed E-state index contributed by atoms with van der Waals surface area (Å²) >= 11 is 5.78. The van der Waals surface area contributed by atoms with Crippen LogP contribution in [0.2, 0.25) is 5.28 Å². The Morgan fingerprint density at radius 2 is 2.00 bits per heavy atom. The van der Waals surface area contributed by atoms with Crippen molar-refractivity contribution in [3.8, 4) is 0 Å². The minimum Gasteiger partial charge on any atom is -0.347 e. The third kappa shape index (κ3) is 2.64. The Morgan fingerprint density at radius 1 is 1.28 bits per heavy atom. The summed E-state index contributed by atoms with van der Waals surface area (Å²) in [5, 5.41) is 0.309. The van der Waals surface area contributed by atoms with Crippen molar-refractivity contribution in [1.29, 1.82) is 0 Å². The highest BCUT2D eigenvalue weighted by Gasteiger charge is 2.39. The zero-order valence-corrected chi connectivity index (χ0v) is 10.9. The molecule has 3 rings (SSSR count). The lowest BCUT2D eigenvalue weighted by atomic mass is 10.0. The molecule has 2 fully saturated rings. The first-order chi connectivity index (χ1) is 8.76. The average Bonchev–Trinajstić information content (AvgIpc) is 2.81. The van der Waals surface area contributed by atoms with Crippen LogP contribution >= 0.6 is 11.6 Å². The maximum absolute atomic E-state index is 5.78. The van der Waals surface area contributed by atoms with Crippen molar-refractivity contribution in [3.63, 3.8) is 0 Å². The molecule has 1 aromatic rings. The predicted octanol–water partition coefficient (Wildman–Crippen LogP) is 1.47. The number of rotatable bonds is 2. The molecule has 0 amide bonds. The lowest BCUT2D eigenvalue weighted by Gasteiger charge is -2.37. The van der Waals surface area contributed by atoms with E-state index in [-0.39, 0.29) is 5.79 Å². The molecule has 0 N–H and O–H groups in total. The van der Waals surface area contributed by atoms with Gasteiger partial charge in [0, 0.05) is 38.7 Å². The van der Waals surface area contributed by atoms with Crippen LogP contribution in [0.25, 0.3) is 0 Å².